The fourth-order valence-electron chi connectivity index (χ4n) is 2.30. The molecule has 3 heteroatoms. The van der Waals surface area contributed by atoms with Crippen LogP contribution in [0.25, 0.3) is 0 Å². The standard InChI is InChI=1S/C14H22O2Si/c1-5-12(11-14(15)16-2)17(3,4)13-9-7-6-8-10-13/h6-10,12H,5,11H2,1-4H3/t12-/m1/s1. The lowest BCUT2D eigenvalue weighted by molar-refractivity contribution is -0.140. The van der Waals surface area contributed by atoms with Gasteiger partial charge in [0.25, 0.3) is 0 Å². The first-order valence-corrected chi connectivity index (χ1v) is 9.22. The van der Waals surface area contributed by atoms with E-state index in [9.17, 15) is 4.79 Å². The molecule has 0 aliphatic heterocycles. The van der Waals surface area contributed by atoms with E-state index in [-0.39, 0.29) is 5.97 Å². The van der Waals surface area contributed by atoms with Crippen LogP contribution in [0.2, 0.25) is 18.6 Å². The molecule has 94 valence electrons. The summed E-state index contributed by atoms with van der Waals surface area (Å²) in [4.78, 5) is 11.5. The van der Waals surface area contributed by atoms with E-state index in [1.165, 1.54) is 12.3 Å². The van der Waals surface area contributed by atoms with Crippen molar-refractivity contribution in [2.24, 2.45) is 0 Å². The molecule has 0 aliphatic carbocycles. The second-order valence-corrected chi connectivity index (χ2v) is 9.81. The first-order valence-electron chi connectivity index (χ1n) is 6.14. The highest BCUT2D eigenvalue weighted by Gasteiger charge is 2.33. The van der Waals surface area contributed by atoms with Gasteiger partial charge in [0, 0.05) is 6.42 Å². The highest BCUT2D eigenvalue weighted by Crippen LogP contribution is 2.29. The van der Waals surface area contributed by atoms with Crippen LogP contribution in [0.3, 0.4) is 0 Å². The van der Waals surface area contributed by atoms with Gasteiger partial charge in [-0.1, -0.05) is 62.0 Å². The predicted molar refractivity (Wildman–Crippen MR) is 74.2 cm³/mol. The maximum Gasteiger partial charge on any atom is 0.305 e. The third-order valence-corrected chi connectivity index (χ3v) is 8.15. The number of esters is 1. The molecule has 1 rings (SSSR count). The highest BCUT2D eigenvalue weighted by molar-refractivity contribution is 6.91. The van der Waals surface area contributed by atoms with Crippen LogP contribution >= 0.6 is 0 Å². The third-order valence-electron chi connectivity index (χ3n) is 3.67. The van der Waals surface area contributed by atoms with Gasteiger partial charge < -0.3 is 4.74 Å². The lowest BCUT2D eigenvalue weighted by Gasteiger charge is -2.31. The summed E-state index contributed by atoms with van der Waals surface area (Å²) in [6.45, 7) is 6.82. The molecule has 0 saturated carbocycles. The van der Waals surface area contributed by atoms with Crippen molar-refractivity contribution in [3.05, 3.63) is 30.3 Å². The van der Waals surface area contributed by atoms with Gasteiger partial charge in [0.2, 0.25) is 0 Å². The number of carbonyl (C=O) groups is 1. The van der Waals surface area contributed by atoms with Gasteiger partial charge in [-0.3, -0.25) is 4.79 Å². The average Bonchev–Trinajstić information content (AvgIpc) is 2.36. The Morgan fingerprint density at radius 3 is 2.35 bits per heavy atom. The van der Waals surface area contributed by atoms with Gasteiger partial charge in [0.1, 0.15) is 0 Å². The molecule has 2 nitrogen and oxygen atoms in total. The molecule has 0 radical (unpaired) electrons. The Labute approximate surface area is 105 Å². The molecular formula is C14H22O2Si. The Kier molecular flexibility index (Phi) is 4.94. The largest absolute Gasteiger partial charge is 0.469 e. The van der Waals surface area contributed by atoms with Gasteiger partial charge in [-0.15, -0.1) is 0 Å². The van der Waals surface area contributed by atoms with Crippen LogP contribution in [0, 0.1) is 0 Å². The van der Waals surface area contributed by atoms with E-state index in [4.69, 9.17) is 4.74 Å². The summed E-state index contributed by atoms with van der Waals surface area (Å²) in [6.07, 6.45) is 1.57. The van der Waals surface area contributed by atoms with Crippen LogP contribution in [-0.2, 0) is 9.53 Å². The normalized spacial score (nSPS) is 13.2. The first-order chi connectivity index (χ1) is 8.02. The number of ether oxygens (including phenoxy) is 1. The van der Waals surface area contributed by atoms with Crippen molar-refractivity contribution in [2.75, 3.05) is 7.11 Å². The van der Waals surface area contributed by atoms with Crippen molar-refractivity contribution < 1.29 is 9.53 Å². The van der Waals surface area contributed by atoms with E-state index in [1.807, 2.05) is 6.07 Å². The van der Waals surface area contributed by atoms with Crippen LogP contribution in [-0.4, -0.2) is 21.2 Å². The molecule has 0 bridgehead atoms. The van der Waals surface area contributed by atoms with Crippen LogP contribution in [0.1, 0.15) is 19.8 Å². The zero-order valence-electron chi connectivity index (χ0n) is 11.2. The number of benzene rings is 1. The number of methoxy groups -OCH3 is 1. The van der Waals surface area contributed by atoms with E-state index in [0.29, 0.717) is 12.0 Å². The topological polar surface area (TPSA) is 26.3 Å². The Balaban J connectivity index is 2.90. The quantitative estimate of drug-likeness (QED) is 0.593. The molecule has 0 fully saturated rings. The van der Waals surface area contributed by atoms with Crippen molar-refractivity contribution in [1.82, 2.24) is 0 Å². The predicted octanol–water partition coefficient (Wildman–Crippen LogP) is 2.95. The number of hydrogen-bond donors (Lipinski definition) is 0. The van der Waals surface area contributed by atoms with E-state index >= 15 is 0 Å². The summed E-state index contributed by atoms with van der Waals surface area (Å²) in [5.41, 5.74) is 0.442. The van der Waals surface area contributed by atoms with Crippen molar-refractivity contribution in [1.29, 1.82) is 0 Å². The molecule has 0 heterocycles. The fraction of sp³-hybridized carbons (Fsp3) is 0.500. The van der Waals surface area contributed by atoms with Gasteiger partial charge >= 0.3 is 5.97 Å². The molecule has 1 atom stereocenters. The van der Waals surface area contributed by atoms with E-state index in [2.05, 4.69) is 44.3 Å². The summed E-state index contributed by atoms with van der Waals surface area (Å²) >= 11 is 0. The molecule has 1 aromatic rings. The summed E-state index contributed by atoms with van der Waals surface area (Å²) in [6, 6.07) is 10.6. The van der Waals surface area contributed by atoms with Gasteiger partial charge in [-0.05, 0) is 5.54 Å². The molecule has 0 unspecified atom stereocenters. The molecule has 0 aromatic heterocycles. The average molecular weight is 250 g/mol. The SMILES string of the molecule is CC[C@H](CC(=O)OC)[Si](C)(C)c1ccccc1. The van der Waals surface area contributed by atoms with Gasteiger partial charge in [0.05, 0.1) is 15.2 Å². The molecule has 0 saturated heterocycles. The van der Waals surface area contributed by atoms with E-state index in [0.717, 1.165) is 6.42 Å². The highest BCUT2D eigenvalue weighted by atomic mass is 28.3. The second kappa shape index (κ2) is 6.01. The molecule has 0 N–H and O–H groups in total. The first kappa shape index (κ1) is 14.0. The van der Waals surface area contributed by atoms with Crippen LogP contribution in [0.4, 0.5) is 0 Å². The Bertz CT molecular complexity index is 360. The number of rotatable bonds is 5. The number of carbonyl (C=O) groups excluding carboxylic acids is 1. The molecule has 0 aliphatic rings. The minimum Gasteiger partial charge on any atom is -0.469 e. The lowest BCUT2D eigenvalue weighted by Crippen LogP contribution is -2.46. The van der Waals surface area contributed by atoms with Crippen molar-refractivity contribution in [3.63, 3.8) is 0 Å². The Morgan fingerprint density at radius 2 is 1.88 bits per heavy atom. The minimum absolute atomic E-state index is 0.0895. The second-order valence-electron chi connectivity index (χ2n) is 4.97. The molecule has 1 aromatic carbocycles. The summed E-state index contributed by atoms with van der Waals surface area (Å²) in [5.74, 6) is -0.0895. The van der Waals surface area contributed by atoms with E-state index < -0.39 is 8.07 Å². The molecule has 0 spiro atoms. The van der Waals surface area contributed by atoms with Gasteiger partial charge in [0.15, 0.2) is 0 Å². The monoisotopic (exact) mass is 250 g/mol. The minimum atomic E-state index is -1.59. The zero-order chi connectivity index (χ0) is 12.9. The molecular weight excluding hydrogens is 228 g/mol. The van der Waals surface area contributed by atoms with Crippen molar-refractivity contribution in [2.45, 2.75) is 38.4 Å². The molecule has 0 amide bonds. The summed E-state index contributed by atoms with van der Waals surface area (Å²) in [5, 5.41) is 1.41. The number of hydrogen-bond acceptors (Lipinski definition) is 2. The Morgan fingerprint density at radius 1 is 1.29 bits per heavy atom. The van der Waals surface area contributed by atoms with Crippen LogP contribution < -0.4 is 5.19 Å². The maximum absolute atomic E-state index is 11.5. The zero-order valence-corrected chi connectivity index (χ0v) is 12.2. The van der Waals surface area contributed by atoms with E-state index in [1.54, 1.807) is 0 Å². The van der Waals surface area contributed by atoms with Crippen molar-refractivity contribution >= 4 is 19.2 Å². The van der Waals surface area contributed by atoms with Crippen molar-refractivity contribution in [3.8, 4) is 0 Å². The smallest absolute Gasteiger partial charge is 0.305 e. The van der Waals surface area contributed by atoms with Crippen LogP contribution in [0.15, 0.2) is 30.3 Å². The third kappa shape index (κ3) is 3.43. The van der Waals surface area contributed by atoms with Gasteiger partial charge in [-0.25, -0.2) is 0 Å². The summed E-state index contributed by atoms with van der Waals surface area (Å²) in [7, 11) is -0.124. The summed E-state index contributed by atoms with van der Waals surface area (Å²) < 4.78 is 4.80. The lowest BCUT2D eigenvalue weighted by atomic mass is 10.2. The fourth-order valence-corrected chi connectivity index (χ4v) is 5.52. The molecule has 17 heavy (non-hydrogen) atoms. The van der Waals surface area contributed by atoms with Crippen LogP contribution in [0.5, 0.6) is 0 Å². The Hall–Kier alpha value is -1.09. The maximum atomic E-state index is 11.5. The van der Waals surface area contributed by atoms with Gasteiger partial charge in [-0.2, -0.15) is 0 Å².